The van der Waals surface area contributed by atoms with Gasteiger partial charge in [-0.3, -0.25) is 0 Å². The van der Waals surface area contributed by atoms with Crippen LogP contribution in [-0.4, -0.2) is 24.4 Å². The Balaban J connectivity index is 0. The van der Waals surface area contributed by atoms with Crippen LogP contribution in [0.2, 0.25) is 0 Å². The standard InChI is InChI=1S/BrClP.Sb.3H/c1-3-2;;;;. The Kier molecular flexibility index (Phi) is 20.9. The molecule has 0 aliphatic carbocycles. The Bertz CT molecular complexity index is 8.00. The second kappa shape index (κ2) is 8.89. The van der Waals surface area contributed by atoms with E-state index >= 15 is 0 Å². The van der Waals surface area contributed by atoms with Crippen molar-refractivity contribution in [2.45, 2.75) is 0 Å². The maximum absolute atomic E-state index is 4.89. The van der Waals surface area contributed by atoms with Gasteiger partial charge >= 0.3 is 24.4 Å². The summed E-state index contributed by atoms with van der Waals surface area (Å²) in [5.41, 5.74) is 0. The second-order valence-electron chi connectivity index (χ2n) is 0.0639. The molecule has 0 spiro atoms. The van der Waals surface area contributed by atoms with Crippen molar-refractivity contribution >= 4 is 57.8 Å². The van der Waals surface area contributed by atoms with E-state index in [9.17, 15) is 0 Å². The van der Waals surface area contributed by atoms with Crippen LogP contribution in [0.3, 0.4) is 0 Å². The Morgan fingerprint density at radius 2 is 1.75 bits per heavy atom. The van der Waals surface area contributed by atoms with Gasteiger partial charge in [0.05, 0.1) is 0 Å². The minimum absolute atomic E-state index is 0. The molecule has 0 aromatic carbocycles. The van der Waals surface area contributed by atoms with Gasteiger partial charge in [-0.05, 0) is 15.5 Å². The fourth-order valence-corrected chi connectivity index (χ4v) is 0. The van der Waals surface area contributed by atoms with Crippen molar-refractivity contribution in [1.29, 1.82) is 0 Å². The molecule has 0 aromatic rings. The number of halogens is 2. The summed E-state index contributed by atoms with van der Waals surface area (Å²) >= 11 is 7.77. The first-order chi connectivity index (χ1) is 1.41. The third-order valence-corrected chi connectivity index (χ3v) is 0. The van der Waals surface area contributed by atoms with Crippen molar-refractivity contribution in [2.75, 3.05) is 0 Å². The third kappa shape index (κ3) is 8.99. The van der Waals surface area contributed by atoms with Crippen LogP contribution in [0.5, 0.6) is 0 Å². The summed E-state index contributed by atoms with van der Waals surface area (Å²) in [7, 11) is 0. The molecule has 1 radical (unpaired) electrons. The van der Waals surface area contributed by atoms with Crippen LogP contribution in [0.25, 0.3) is 0 Å². The van der Waals surface area contributed by atoms with Gasteiger partial charge in [-0.25, -0.2) is 0 Å². The molecule has 0 fully saturated rings. The Morgan fingerprint density at radius 1 is 1.75 bits per heavy atom. The van der Waals surface area contributed by atoms with Gasteiger partial charge in [-0.2, -0.15) is 0 Å². The monoisotopic (exact) mass is 269 g/mol. The molecule has 0 heterocycles. The molecular formula is H3BrClPSb. The Morgan fingerprint density at radius 3 is 1.75 bits per heavy atom. The molecule has 4 heteroatoms. The fourth-order valence-electron chi connectivity index (χ4n) is 0. The van der Waals surface area contributed by atoms with Crippen LogP contribution >= 0.6 is 33.4 Å². The van der Waals surface area contributed by atoms with E-state index in [1.165, 1.54) is 0 Å². The molecule has 0 atom stereocenters. The zero-order chi connectivity index (χ0) is 2.71. The molecule has 0 aromatic heterocycles. The van der Waals surface area contributed by atoms with E-state index < -0.39 is 0 Å². The average molecular weight is 271 g/mol. The zero-order valence-electron chi connectivity index (χ0n) is 1.91. The van der Waals surface area contributed by atoms with Gasteiger partial charge < -0.3 is 0 Å². The molecule has 0 unspecified atom stereocenters. The van der Waals surface area contributed by atoms with Crippen molar-refractivity contribution < 1.29 is 0 Å². The van der Waals surface area contributed by atoms with Crippen LogP contribution in [0.15, 0.2) is 0 Å². The SMILES string of the molecule is Cl[P]Br.[SbH3]. The fraction of sp³-hybridized carbons (Fsp3) is 0. The quantitative estimate of drug-likeness (QED) is 0.459. The van der Waals surface area contributed by atoms with Crippen molar-refractivity contribution in [2.24, 2.45) is 0 Å². The van der Waals surface area contributed by atoms with Gasteiger partial charge in [0.25, 0.3) is 0 Å². The van der Waals surface area contributed by atoms with Crippen LogP contribution in [-0.2, 0) is 0 Å². The van der Waals surface area contributed by atoms with Crippen LogP contribution in [0, 0.1) is 0 Å². The third-order valence-electron chi connectivity index (χ3n) is 0. The predicted molar refractivity (Wildman–Crippen MR) is 31.6 cm³/mol. The van der Waals surface area contributed by atoms with E-state index in [4.69, 9.17) is 11.2 Å². The molecular weight excluding hydrogens is 268 g/mol. The molecule has 4 heavy (non-hydrogen) atoms. The van der Waals surface area contributed by atoms with Gasteiger partial charge in [-0.15, -0.1) is 0 Å². The van der Waals surface area contributed by atoms with Crippen molar-refractivity contribution in [3.63, 3.8) is 0 Å². The van der Waals surface area contributed by atoms with Crippen molar-refractivity contribution in [3.8, 4) is 0 Å². The van der Waals surface area contributed by atoms with E-state index in [2.05, 4.69) is 15.5 Å². The average Bonchev–Trinajstić information content (AvgIpc) is 0.918. The Labute approximate surface area is 57.4 Å². The molecule has 0 saturated heterocycles. The molecule has 0 amide bonds. The first-order valence-corrected chi connectivity index (χ1v) is 4.16. The van der Waals surface area contributed by atoms with E-state index in [0.29, 0.717) is 6.64 Å². The van der Waals surface area contributed by atoms with Crippen LogP contribution in [0.4, 0.5) is 0 Å². The number of rotatable bonds is 0. The van der Waals surface area contributed by atoms with Gasteiger partial charge in [-0.1, -0.05) is 11.2 Å². The van der Waals surface area contributed by atoms with Crippen LogP contribution < -0.4 is 0 Å². The summed E-state index contributed by atoms with van der Waals surface area (Å²) in [4.78, 5) is 0. The predicted octanol–water partition coefficient (Wildman–Crippen LogP) is 1.21. The zero-order valence-corrected chi connectivity index (χ0v) is 9.18. The number of hydrogen-bond acceptors (Lipinski definition) is 0. The van der Waals surface area contributed by atoms with Crippen molar-refractivity contribution in [1.82, 2.24) is 0 Å². The van der Waals surface area contributed by atoms with E-state index in [1.807, 2.05) is 0 Å². The maximum atomic E-state index is 4.89. The second-order valence-corrected chi connectivity index (χ2v) is 2.99. The minimum atomic E-state index is 0. The molecule has 0 rings (SSSR count). The Hall–Kier alpha value is 2.02. The molecule has 0 bridgehead atoms. The molecule has 0 nitrogen and oxygen atoms in total. The van der Waals surface area contributed by atoms with Crippen LogP contribution in [0.1, 0.15) is 0 Å². The summed E-state index contributed by atoms with van der Waals surface area (Å²) in [6.07, 6.45) is 0. The normalized spacial score (nSPS) is 7.50. The van der Waals surface area contributed by atoms with Gasteiger partial charge in [0, 0.05) is 0 Å². The summed E-state index contributed by atoms with van der Waals surface area (Å²) < 4.78 is 0. The van der Waals surface area contributed by atoms with Gasteiger partial charge in [0.2, 0.25) is 0 Å². The van der Waals surface area contributed by atoms with E-state index in [0.717, 1.165) is 0 Å². The van der Waals surface area contributed by atoms with Gasteiger partial charge in [0.15, 0.2) is 0 Å². The first-order valence-electron chi connectivity index (χ1n) is 0.338. The molecule has 0 aliphatic heterocycles. The summed E-state index contributed by atoms with van der Waals surface area (Å²) in [6.45, 7) is 0.701. The van der Waals surface area contributed by atoms with Crippen molar-refractivity contribution in [3.05, 3.63) is 0 Å². The topological polar surface area (TPSA) is 0 Å². The molecule has 27 valence electrons. The summed E-state index contributed by atoms with van der Waals surface area (Å²) in [5.74, 6) is 0. The number of hydrogen-bond donors (Lipinski definition) is 0. The first kappa shape index (κ1) is 9.39. The van der Waals surface area contributed by atoms with E-state index in [-0.39, 0.29) is 24.4 Å². The summed E-state index contributed by atoms with van der Waals surface area (Å²) in [6, 6.07) is 0. The van der Waals surface area contributed by atoms with E-state index in [1.54, 1.807) is 0 Å². The molecule has 0 aliphatic rings. The molecule has 0 N–H and O–H groups in total. The van der Waals surface area contributed by atoms with Gasteiger partial charge in [0.1, 0.15) is 6.64 Å². The summed E-state index contributed by atoms with van der Waals surface area (Å²) in [5, 5.41) is 0. The molecule has 0 saturated carbocycles.